The zero-order chi connectivity index (χ0) is 13.0. The van der Waals surface area contributed by atoms with Crippen molar-refractivity contribution in [2.24, 2.45) is 0 Å². The minimum Gasteiger partial charge on any atom is -0.444 e. The third kappa shape index (κ3) is 3.04. The zero-order valence-electron chi connectivity index (χ0n) is 10.7. The van der Waals surface area contributed by atoms with E-state index in [9.17, 15) is 0 Å². The molecule has 6 heteroatoms. The van der Waals surface area contributed by atoms with Gasteiger partial charge in [0.25, 0.3) is 0 Å². The molecule has 96 valence electrons. The van der Waals surface area contributed by atoms with Crippen LogP contribution in [0, 0.1) is 13.8 Å². The molecule has 0 aromatic carbocycles. The van der Waals surface area contributed by atoms with Crippen LogP contribution in [0.5, 0.6) is 0 Å². The SMILES string of the molecule is COCc1nccc(NCc2nc(C)c(C)o2)n1. The average Bonchev–Trinajstić information content (AvgIpc) is 2.67. The van der Waals surface area contributed by atoms with E-state index < -0.39 is 0 Å². The molecule has 2 aromatic heterocycles. The molecule has 2 rings (SSSR count). The highest BCUT2D eigenvalue weighted by Gasteiger charge is 2.05. The molecule has 2 heterocycles. The molecule has 1 N–H and O–H groups in total. The Labute approximate surface area is 105 Å². The summed E-state index contributed by atoms with van der Waals surface area (Å²) in [5.41, 5.74) is 0.912. The molecule has 0 aliphatic rings. The van der Waals surface area contributed by atoms with Gasteiger partial charge in [-0.15, -0.1) is 0 Å². The molecule has 2 aromatic rings. The summed E-state index contributed by atoms with van der Waals surface area (Å²) < 4.78 is 10.5. The summed E-state index contributed by atoms with van der Waals surface area (Å²) in [6, 6.07) is 1.79. The summed E-state index contributed by atoms with van der Waals surface area (Å²) in [6.07, 6.45) is 1.69. The van der Waals surface area contributed by atoms with Crippen LogP contribution in [0.2, 0.25) is 0 Å². The van der Waals surface area contributed by atoms with Crippen molar-refractivity contribution in [3.05, 3.63) is 35.4 Å². The van der Waals surface area contributed by atoms with Crippen LogP contribution < -0.4 is 5.32 Å². The highest BCUT2D eigenvalue weighted by Crippen LogP contribution is 2.10. The minimum atomic E-state index is 0.396. The molecule has 0 atom stereocenters. The molecular weight excluding hydrogens is 232 g/mol. The summed E-state index contributed by atoms with van der Waals surface area (Å²) in [6.45, 7) is 4.71. The highest BCUT2D eigenvalue weighted by molar-refractivity contribution is 5.32. The van der Waals surface area contributed by atoms with Crippen molar-refractivity contribution in [1.82, 2.24) is 15.0 Å². The van der Waals surface area contributed by atoms with E-state index in [1.807, 2.05) is 13.8 Å². The number of oxazole rings is 1. The standard InChI is InChI=1S/C12H16N4O2/c1-8-9(2)18-12(15-8)6-14-10-4-5-13-11(16-10)7-17-3/h4-5H,6-7H2,1-3H3,(H,13,14,16). The van der Waals surface area contributed by atoms with Crippen molar-refractivity contribution in [3.63, 3.8) is 0 Å². The topological polar surface area (TPSA) is 73.1 Å². The van der Waals surface area contributed by atoms with Gasteiger partial charge in [0.15, 0.2) is 5.82 Å². The van der Waals surface area contributed by atoms with Gasteiger partial charge < -0.3 is 14.5 Å². The van der Waals surface area contributed by atoms with E-state index in [1.54, 1.807) is 19.4 Å². The van der Waals surface area contributed by atoms with E-state index in [-0.39, 0.29) is 0 Å². The van der Waals surface area contributed by atoms with E-state index in [4.69, 9.17) is 9.15 Å². The zero-order valence-corrected chi connectivity index (χ0v) is 10.7. The summed E-state index contributed by atoms with van der Waals surface area (Å²) >= 11 is 0. The monoisotopic (exact) mass is 248 g/mol. The van der Waals surface area contributed by atoms with Crippen molar-refractivity contribution in [1.29, 1.82) is 0 Å². The van der Waals surface area contributed by atoms with Crippen LogP contribution in [0.3, 0.4) is 0 Å². The molecule has 0 aliphatic heterocycles. The van der Waals surface area contributed by atoms with Gasteiger partial charge >= 0.3 is 0 Å². The van der Waals surface area contributed by atoms with Crippen molar-refractivity contribution in [2.75, 3.05) is 12.4 Å². The predicted octanol–water partition coefficient (Wildman–Crippen LogP) is 1.84. The molecule has 0 spiro atoms. The number of nitrogens with zero attached hydrogens (tertiary/aromatic N) is 3. The van der Waals surface area contributed by atoms with Gasteiger partial charge in [-0.2, -0.15) is 0 Å². The number of rotatable bonds is 5. The smallest absolute Gasteiger partial charge is 0.213 e. The van der Waals surface area contributed by atoms with Gasteiger partial charge in [0.2, 0.25) is 5.89 Å². The third-order valence-corrected chi connectivity index (χ3v) is 2.47. The second kappa shape index (κ2) is 5.59. The number of hydrogen-bond acceptors (Lipinski definition) is 6. The Morgan fingerprint density at radius 2 is 2.17 bits per heavy atom. The number of anilines is 1. The minimum absolute atomic E-state index is 0.396. The van der Waals surface area contributed by atoms with Gasteiger partial charge in [0.05, 0.1) is 12.2 Å². The summed E-state index contributed by atoms with van der Waals surface area (Å²) in [5.74, 6) is 2.86. The molecule has 18 heavy (non-hydrogen) atoms. The predicted molar refractivity (Wildman–Crippen MR) is 66.0 cm³/mol. The number of methoxy groups -OCH3 is 1. The van der Waals surface area contributed by atoms with Crippen LogP contribution in [0.4, 0.5) is 5.82 Å². The molecule has 0 unspecified atom stereocenters. The van der Waals surface area contributed by atoms with Crippen molar-refractivity contribution in [3.8, 4) is 0 Å². The van der Waals surface area contributed by atoms with E-state index in [1.165, 1.54) is 0 Å². The van der Waals surface area contributed by atoms with Crippen LogP contribution in [0.15, 0.2) is 16.7 Å². The largest absolute Gasteiger partial charge is 0.444 e. The van der Waals surface area contributed by atoms with E-state index in [0.717, 1.165) is 17.3 Å². The van der Waals surface area contributed by atoms with Gasteiger partial charge in [-0.3, -0.25) is 0 Å². The van der Waals surface area contributed by atoms with Crippen LogP contribution in [0.25, 0.3) is 0 Å². The van der Waals surface area contributed by atoms with Gasteiger partial charge in [0.1, 0.15) is 18.2 Å². The fraction of sp³-hybridized carbons (Fsp3) is 0.417. The Balaban J connectivity index is 1.99. The van der Waals surface area contributed by atoms with Crippen molar-refractivity contribution < 1.29 is 9.15 Å². The average molecular weight is 248 g/mol. The molecule has 0 aliphatic carbocycles. The number of aromatic nitrogens is 3. The first-order chi connectivity index (χ1) is 8.69. The van der Waals surface area contributed by atoms with Crippen LogP contribution in [-0.2, 0) is 17.9 Å². The molecule has 0 bridgehead atoms. The molecule has 0 fully saturated rings. The third-order valence-electron chi connectivity index (χ3n) is 2.47. The van der Waals surface area contributed by atoms with Gasteiger partial charge in [-0.05, 0) is 19.9 Å². The lowest BCUT2D eigenvalue weighted by Gasteiger charge is -2.04. The van der Waals surface area contributed by atoms with Crippen LogP contribution >= 0.6 is 0 Å². The van der Waals surface area contributed by atoms with Gasteiger partial charge in [0, 0.05) is 13.3 Å². The Kier molecular flexibility index (Phi) is 3.88. The first kappa shape index (κ1) is 12.5. The maximum absolute atomic E-state index is 5.47. The number of hydrogen-bond donors (Lipinski definition) is 1. The lowest BCUT2D eigenvalue weighted by molar-refractivity contribution is 0.178. The Morgan fingerprint density at radius 1 is 1.33 bits per heavy atom. The number of nitrogens with one attached hydrogen (secondary N) is 1. The van der Waals surface area contributed by atoms with Crippen LogP contribution in [0.1, 0.15) is 23.2 Å². The van der Waals surface area contributed by atoms with E-state index in [2.05, 4.69) is 20.3 Å². The second-order valence-electron chi connectivity index (χ2n) is 3.89. The maximum Gasteiger partial charge on any atom is 0.213 e. The van der Waals surface area contributed by atoms with Crippen molar-refractivity contribution >= 4 is 5.82 Å². The van der Waals surface area contributed by atoms with E-state index >= 15 is 0 Å². The van der Waals surface area contributed by atoms with Gasteiger partial charge in [-0.25, -0.2) is 15.0 Å². The van der Waals surface area contributed by atoms with Crippen LogP contribution in [-0.4, -0.2) is 22.1 Å². The Bertz CT molecular complexity index is 505. The Morgan fingerprint density at radius 3 is 2.83 bits per heavy atom. The summed E-state index contributed by atoms with van der Waals surface area (Å²) in [4.78, 5) is 12.7. The quantitative estimate of drug-likeness (QED) is 0.870. The molecule has 0 saturated carbocycles. The summed E-state index contributed by atoms with van der Waals surface area (Å²) in [5, 5.41) is 3.14. The van der Waals surface area contributed by atoms with Crippen molar-refractivity contribution in [2.45, 2.75) is 27.0 Å². The fourth-order valence-corrected chi connectivity index (χ4v) is 1.48. The first-order valence-electron chi connectivity index (χ1n) is 5.66. The van der Waals surface area contributed by atoms with E-state index in [0.29, 0.717) is 24.9 Å². The Hall–Kier alpha value is -1.95. The number of ether oxygens (including phenoxy) is 1. The fourth-order valence-electron chi connectivity index (χ4n) is 1.48. The molecule has 6 nitrogen and oxygen atoms in total. The maximum atomic E-state index is 5.47. The van der Waals surface area contributed by atoms with Gasteiger partial charge in [-0.1, -0.05) is 0 Å². The summed E-state index contributed by atoms with van der Waals surface area (Å²) in [7, 11) is 1.61. The highest BCUT2D eigenvalue weighted by atomic mass is 16.5. The lowest BCUT2D eigenvalue weighted by atomic mass is 10.4. The number of aryl methyl sites for hydroxylation is 2. The molecule has 0 amide bonds. The first-order valence-corrected chi connectivity index (χ1v) is 5.66. The normalized spacial score (nSPS) is 10.6. The second-order valence-corrected chi connectivity index (χ2v) is 3.89. The molecular formula is C12H16N4O2. The lowest BCUT2D eigenvalue weighted by Crippen LogP contribution is -2.04. The molecule has 0 radical (unpaired) electrons. The molecule has 0 saturated heterocycles.